The van der Waals surface area contributed by atoms with Gasteiger partial charge in [0.25, 0.3) is 0 Å². The summed E-state index contributed by atoms with van der Waals surface area (Å²) >= 11 is 0. The molecule has 2 saturated carbocycles. The fraction of sp³-hybridized carbons (Fsp3) is 0.923. The number of hydrogen-bond acceptors (Lipinski definition) is 2. The Kier molecular flexibility index (Phi) is 4.60. The summed E-state index contributed by atoms with van der Waals surface area (Å²) in [5.41, 5.74) is 0.0959. The molecule has 2 aliphatic rings. The molecule has 15 heavy (non-hydrogen) atoms. The van der Waals surface area contributed by atoms with Gasteiger partial charge >= 0.3 is 0 Å². The van der Waals surface area contributed by atoms with Crippen LogP contribution in [0.5, 0.6) is 0 Å². The van der Waals surface area contributed by atoms with Gasteiger partial charge in [0.1, 0.15) is 0 Å². The molecule has 0 atom stereocenters. The van der Waals surface area contributed by atoms with Crippen molar-refractivity contribution in [3.8, 4) is 6.07 Å². The lowest BCUT2D eigenvalue weighted by atomic mass is 9.62. The van der Waals surface area contributed by atoms with Crippen LogP contribution in [0.4, 0.5) is 0 Å². The Labute approximate surface area is 93.6 Å². The molecule has 2 nitrogen and oxygen atoms in total. The van der Waals surface area contributed by atoms with Crippen LogP contribution in [0.25, 0.3) is 0 Å². The number of hydrogen-bond donors (Lipinski definition) is 1. The predicted octanol–water partition coefficient (Wildman–Crippen LogP) is 4.20. The van der Waals surface area contributed by atoms with Gasteiger partial charge in [0.15, 0.2) is 0 Å². The molecule has 86 valence electrons. The molecule has 0 heterocycles. The molecule has 0 radical (unpaired) electrons. The van der Waals surface area contributed by atoms with E-state index in [1.165, 1.54) is 64.2 Å². The van der Waals surface area contributed by atoms with Crippen molar-refractivity contribution in [2.24, 2.45) is 11.3 Å². The summed E-state index contributed by atoms with van der Waals surface area (Å²) < 4.78 is 0. The van der Waals surface area contributed by atoms with E-state index >= 15 is 0 Å². The average molecular weight is 208 g/mol. The van der Waals surface area contributed by atoms with E-state index in [1.807, 2.05) is 0 Å². The Hall–Kier alpha value is -0.550. The van der Waals surface area contributed by atoms with Crippen LogP contribution in [0.15, 0.2) is 0 Å². The first-order valence-corrected chi connectivity index (χ1v) is 6.29. The minimum absolute atomic E-state index is 0. The van der Waals surface area contributed by atoms with E-state index in [9.17, 15) is 5.26 Å². The van der Waals surface area contributed by atoms with E-state index < -0.39 is 0 Å². The van der Waals surface area contributed by atoms with Crippen LogP contribution in [0.3, 0.4) is 0 Å². The fourth-order valence-electron chi connectivity index (χ4n) is 3.45. The molecule has 0 aliphatic heterocycles. The van der Waals surface area contributed by atoms with E-state index in [-0.39, 0.29) is 11.6 Å². The van der Waals surface area contributed by atoms with Gasteiger partial charge in [0.05, 0.1) is 11.5 Å². The number of nitriles is 1. The van der Waals surface area contributed by atoms with Gasteiger partial charge in [-0.25, -0.2) is 0 Å². The van der Waals surface area contributed by atoms with Crippen molar-refractivity contribution >= 4 is 0 Å². The van der Waals surface area contributed by atoms with Crippen LogP contribution < -0.4 is 6.15 Å². The van der Waals surface area contributed by atoms with Gasteiger partial charge in [-0.1, -0.05) is 38.5 Å². The highest BCUT2D eigenvalue weighted by Gasteiger charge is 2.40. The van der Waals surface area contributed by atoms with Gasteiger partial charge in [0.2, 0.25) is 0 Å². The van der Waals surface area contributed by atoms with Crippen LogP contribution in [-0.2, 0) is 0 Å². The van der Waals surface area contributed by atoms with Crippen LogP contribution in [0.2, 0.25) is 0 Å². The van der Waals surface area contributed by atoms with Crippen molar-refractivity contribution in [3.05, 3.63) is 0 Å². The summed E-state index contributed by atoms with van der Waals surface area (Å²) in [6.07, 6.45) is 13.1. The molecule has 3 N–H and O–H groups in total. The summed E-state index contributed by atoms with van der Waals surface area (Å²) in [6, 6.07) is 2.69. The van der Waals surface area contributed by atoms with E-state index in [0.29, 0.717) is 0 Å². The quantitative estimate of drug-likeness (QED) is 0.702. The van der Waals surface area contributed by atoms with Crippen molar-refractivity contribution in [2.75, 3.05) is 0 Å². The zero-order valence-electron chi connectivity index (χ0n) is 9.80. The average Bonchev–Trinajstić information content (AvgIpc) is 2.31. The summed E-state index contributed by atoms with van der Waals surface area (Å²) in [5, 5.41) is 9.44. The molecule has 0 aromatic carbocycles. The summed E-state index contributed by atoms with van der Waals surface area (Å²) in [7, 11) is 0. The predicted molar refractivity (Wildman–Crippen MR) is 62.7 cm³/mol. The molecule has 0 unspecified atom stereocenters. The summed E-state index contributed by atoms with van der Waals surface area (Å²) in [4.78, 5) is 0. The molecular weight excluding hydrogens is 184 g/mol. The van der Waals surface area contributed by atoms with Gasteiger partial charge in [0, 0.05) is 0 Å². The second-order valence-electron chi connectivity index (χ2n) is 5.16. The van der Waals surface area contributed by atoms with Gasteiger partial charge in [-0.05, 0) is 31.6 Å². The van der Waals surface area contributed by atoms with Gasteiger partial charge in [-0.2, -0.15) is 5.26 Å². The Bertz CT molecular complexity index is 217. The standard InChI is InChI=1S/C13H21N.H3N/c14-11-13(9-5-2-6-10-13)12-7-3-1-4-8-12;/h12H,1-10H2;1H3. The zero-order chi connectivity index (χ0) is 9.86. The molecule has 0 aromatic rings. The smallest absolute Gasteiger partial charge is 0.0692 e. The lowest BCUT2D eigenvalue weighted by molar-refractivity contribution is 0.126. The molecule has 0 spiro atoms. The maximum absolute atomic E-state index is 9.44. The fourth-order valence-corrected chi connectivity index (χ4v) is 3.45. The van der Waals surface area contributed by atoms with E-state index in [1.54, 1.807) is 0 Å². The van der Waals surface area contributed by atoms with Crippen LogP contribution >= 0.6 is 0 Å². The molecule has 0 amide bonds. The van der Waals surface area contributed by atoms with Gasteiger partial charge in [-0.15, -0.1) is 0 Å². The van der Waals surface area contributed by atoms with Crippen molar-refractivity contribution in [2.45, 2.75) is 64.2 Å². The Balaban J connectivity index is 0.00000112. The zero-order valence-corrected chi connectivity index (χ0v) is 9.80. The number of rotatable bonds is 1. The highest BCUT2D eigenvalue weighted by atomic mass is 14.5. The SMILES string of the molecule is N.N#CC1(C2CCCCC2)CCCCC1. The molecule has 2 rings (SSSR count). The van der Waals surface area contributed by atoms with Crippen molar-refractivity contribution in [1.82, 2.24) is 6.15 Å². The third-order valence-corrected chi connectivity index (χ3v) is 4.36. The Morgan fingerprint density at radius 1 is 0.867 bits per heavy atom. The van der Waals surface area contributed by atoms with E-state index in [4.69, 9.17) is 0 Å². The third-order valence-electron chi connectivity index (χ3n) is 4.36. The van der Waals surface area contributed by atoms with Crippen molar-refractivity contribution < 1.29 is 0 Å². The summed E-state index contributed by atoms with van der Waals surface area (Å²) in [5.74, 6) is 0.738. The molecule has 0 saturated heterocycles. The molecule has 2 heteroatoms. The lowest BCUT2D eigenvalue weighted by Crippen LogP contribution is -2.32. The Morgan fingerprint density at radius 3 is 1.93 bits per heavy atom. The highest BCUT2D eigenvalue weighted by Crippen LogP contribution is 2.47. The first kappa shape index (κ1) is 12.5. The first-order valence-electron chi connectivity index (χ1n) is 6.29. The van der Waals surface area contributed by atoms with Crippen LogP contribution in [0.1, 0.15) is 64.2 Å². The molecule has 2 aliphatic carbocycles. The third kappa shape index (κ3) is 2.52. The topological polar surface area (TPSA) is 58.8 Å². The minimum atomic E-state index is 0. The van der Waals surface area contributed by atoms with Crippen LogP contribution in [-0.4, -0.2) is 0 Å². The minimum Gasteiger partial charge on any atom is -0.344 e. The molecular formula is C13H24N2. The monoisotopic (exact) mass is 208 g/mol. The first-order chi connectivity index (χ1) is 6.87. The van der Waals surface area contributed by atoms with E-state index in [0.717, 1.165) is 5.92 Å². The van der Waals surface area contributed by atoms with Gasteiger partial charge in [-0.3, -0.25) is 0 Å². The molecule has 2 fully saturated rings. The van der Waals surface area contributed by atoms with Crippen molar-refractivity contribution in [1.29, 1.82) is 5.26 Å². The molecule has 0 aromatic heterocycles. The largest absolute Gasteiger partial charge is 0.344 e. The van der Waals surface area contributed by atoms with Crippen LogP contribution in [0, 0.1) is 22.7 Å². The van der Waals surface area contributed by atoms with Crippen molar-refractivity contribution in [3.63, 3.8) is 0 Å². The maximum atomic E-state index is 9.44. The molecule has 0 bridgehead atoms. The highest BCUT2D eigenvalue weighted by molar-refractivity contribution is 5.04. The summed E-state index contributed by atoms with van der Waals surface area (Å²) in [6.45, 7) is 0. The second-order valence-corrected chi connectivity index (χ2v) is 5.16. The maximum Gasteiger partial charge on any atom is 0.0692 e. The second kappa shape index (κ2) is 5.51. The number of nitrogens with zero attached hydrogens (tertiary/aromatic N) is 1. The van der Waals surface area contributed by atoms with Gasteiger partial charge < -0.3 is 6.15 Å². The lowest BCUT2D eigenvalue weighted by Gasteiger charge is -2.40. The Morgan fingerprint density at radius 2 is 1.40 bits per heavy atom. The van der Waals surface area contributed by atoms with E-state index in [2.05, 4.69) is 6.07 Å². The normalized spacial score (nSPS) is 26.3.